The fourth-order valence-electron chi connectivity index (χ4n) is 2.61. The molecule has 1 fully saturated rings. The molecule has 0 atom stereocenters. The summed E-state index contributed by atoms with van der Waals surface area (Å²) < 4.78 is 0. The van der Waals surface area contributed by atoms with Crippen molar-refractivity contribution >= 4 is 5.69 Å². The summed E-state index contributed by atoms with van der Waals surface area (Å²) in [6.45, 7) is 7.69. The lowest BCUT2D eigenvalue weighted by Gasteiger charge is -2.23. The average Bonchev–Trinajstić information content (AvgIpc) is 2.46. The lowest BCUT2D eigenvalue weighted by atomic mass is 9.85. The van der Waals surface area contributed by atoms with E-state index < -0.39 is 0 Å². The second kappa shape index (κ2) is 5.19. The summed E-state index contributed by atoms with van der Waals surface area (Å²) in [4.78, 5) is 2.42. The van der Waals surface area contributed by atoms with Gasteiger partial charge in [-0.1, -0.05) is 13.8 Å². The van der Waals surface area contributed by atoms with Gasteiger partial charge in [0.25, 0.3) is 0 Å². The monoisotopic (exact) mass is 248 g/mol. The number of nitrogen functional groups attached to an aromatic ring is 1. The number of phenols is 1. The van der Waals surface area contributed by atoms with Gasteiger partial charge in [-0.3, -0.25) is 4.90 Å². The molecule has 2 rings (SSSR count). The number of hydrogen-bond donors (Lipinski definition) is 2. The highest BCUT2D eigenvalue weighted by atomic mass is 16.3. The van der Waals surface area contributed by atoms with Crippen LogP contribution in [0.15, 0.2) is 18.2 Å². The van der Waals surface area contributed by atoms with E-state index in [1.54, 1.807) is 12.1 Å². The first-order valence-corrected chi connectivity index (χ1v) is 6.76. The molecule has 1 aliphatic heterocycles. The first-order valence-electron chi connectivity index (χ1n) is 6.76. The van der Waals surface area contributed by atoms with Crippen molar-refractivity contribution in [3.63, 3.8) is 0 Å². The molecule has 1 aliphatic rings. The van der Waals surface area contributed by atoms with Crippen LogP contribution in [0.25, 0.3) is 0 Å². The summed E-state index contributed by atoms with van der Waals surface area (Å²) in [6.07, 6.45) is 3.73. The number of rotatable bonds is 2. The number of hydrogen-bond acceptors (Lipinski definition) is 3. The van der Waals surface area contributed by atoms with E-state index in [2.05, 4.69) is 18.7 Å². The van der Waals surface area contributed by atoms with Gasteiger partial charge in [0, 0.05) is 17.8 Å². The maximum Gasteiger partial charge on any atom is 0.120 e. The predicted octanol–water partition coefficient (Wildman–Crippen LogP) is 2.99. The molecule has 1 aromatic carbocycles. The van der Waals surface area contributed by atoms with E-state index in [0.29, 0.717) is 11.2 Å². The van der Waals surface area contributed by atoms with Crippen molar-refractivity contribution in [3.8, 4) is 5.75 Å². The fourth-order valence-corrected chi connectivity index (χ4v) is 2.61. The Morgan fingerprint density at radius 1 is 1.28 bits per heavy atom. The number of likely N-dealkylation sites (tertiary alicyclic amines) is 1. The van der Waals surface area contributed by atoms with Crippen LogP contribution in [0.5, 0.6) is 5.75 Å². The van der Waals surface area contributed by atoms with Gasteiger partial charge >= 0.3 is 0 Å². The van der Waals surface area contributed by atoms with Gasteiger partial charge in [-0.2, -0.15) is 0 Å². The van der Waals surface area contributed by atoms with Crippen LogP contribution >= 0.6 is 0 Å². The first kappa shape index (κ1) is 13.2. The van der Waals surface area contributed by atoms with Crippen molar-refractivity contribution < 1.29 is 5.11 Å². The lowest BCUT2D eigenvalue weighted by molar-refractivity contribution is 0.253. The second-order valence-electron chi connectivity index (χ2n) is 6.18. The van der Waals surface area contributed by atoms with Crippen LogP contribution in [-0.4, -0.2) is 23.1 Å². The molecule has 0 aromatic heterocycles. The van der Waals surface area contributed by atoms with Crippen molar-refractivity contribution in [1.29, 1.82) is 0 Å². The average molecular weight is 248 g/mol. The SMILES string of the molecule is CC1(C)CCCN(Cc2cc(N)ccc2O)CC1. The van der Waals surface area contributed by atoms with Gasteiger partial charge in [0.2, 0.25) is 0 Å². The first-order chi connectivity index (χ1) is 8.46. The third-order valence-electron chi connectivity index (χ3n) is 3.93. The Kier molecular flexibility index (Phi) is 3.81. The minimum absolute atomic E-state index is 0.354. The molecular formula is C15H24N2O. The van der Waals surface area contributed by atoms with Crippen LogP contribution in [-0.2, 0) is 6.54 Å². The van der Waals surface area contributed by atoms with Gasteiger partial charge in [0.05, 0.1) is 0 Å². The molecule has 0 bridgehead atoms. The van der Waals surface area contributed by atoms with E-state index in [0.717, 1.165) is 30.9 Å². The quantitative estimate of drug-likeness (QED) is 0.625. The minimum Gasteiger partial charge on any atom is -0.508 e. The van der Waals surface area contributed by atoms with E-state index in [1.165, 1.54) is 19.3 Å². The third-order valence-corrected chi connectivity index (χ3v) is 3.93. The van der Waals surface area contributed by atoms with Crippen LogP contribution in [0.2, 0.25) is 0 Å². The molecule has 0 aliphatic carbocycles. The van der Waals surface area contributed by atoms with Gasteiger partial charge < -0.3 is 10.8 Å². The highest BCUT2D eigenvalue weighted by molar-refractivity contribution is 5.47. The van der Waals surface area contributed by atoms with Crippen molar-refractivity contribution in [2.24, 2.45) is 5.41 Å². The molecule has 0 unspecified atom stereocenters. The Balaban J connectivity index is 2.03. The molecule has 0 spiro atoms. The molecule has 3 N–H and O–H groups in total. The maximum absolute atomic E-state index is 9.86. The predicted molar refractivity (Wildman–Crippen MR) is 75.4 cm³/mol. The van der Waals surface area contributed by atoms with Crippen LogP contribution < -0.4 is 5.73 Å². The van der Waals surface area contributed by atoms with Crippen molar-refractivity contribution in [2.75, 3.05) is 18.8 Å². The summed E-state index contributed by atoms with van der Waals surface area (Å²) >= 11 is 0. The normalized spacial score (nSPS) is 20.6. The molecule has 0 radical (unpaired) electrons. The summed E-state index contributed by atoms with van der Waals surface area (Å²) in [5.74, 6) is 0.354. The van der Waals surface area contributed by atoms with Crippen LogP contribution in [0.3, 0.4) is 0 Å². The van der Waals surface area contributed by atoms with Gasteiger partial charge in [0.1, 0.15) is 5.75 Å². The Morgan fingerprint density at radius 2 is 2.06 bits per heavy atom. The summed E-state index contributed by atoms with van der Waals surface area (Å²) in [5, 5.41) is 9.86. The highest BCUT2D eigenvalue weighted by Crippen LogP contribution is 2.31. The minimum atomic E-state index is 0.354. The summed E-state index contributed by atoms with van der Waals surface area (Å²) in [6, 6.07) is 5.31. The van der Waals surface area contributed by atoms with E-state index >= 15 is 0 Å². The van der Waals surface area contributed by atoms with Gasteiger partial charge in [-0.05, 0) is 56.0 Å². The smallest absolute Gasteiger partial charge is 0.120 e. The van der Waals surface area contributed by atoms with E-state index in [4.69, 9.17) is 5.73 Å². The number of nitrogens with two attached hydrogens (primary N) is 1. The van der Waals surface area contributed by atoms with Crippen LogP contribution in [0.1, 0.15) is 38.7 Å². The zero-order valence-electron chi connectivity index (χ0n) is 11.4. The molecule has 18 heavy (non-hydrogen) atoms. The second-order valence-corrected chi connectivity index (χ2v) is 6.18. The number of anilines is 1. The Hall–Kier alpha value is -1.22. The van der Waals surface area contributed by atoms with E-state index in [-0.39, 0.29) is 0 Å². The molecule has 1 heterocycles. The molecule has 3 nitrogen and oxygen atoms in total. The van der Waals surface area contributed by atoms with Gasteiger partial charge in [-0.25, -0.2) is 0 Å². The van der Waals surface area contributed by atoms with Crippen molar-refractivity contribution in [2.45, 2.75) is 39.7 Å². The largest absolute Gasteiger partial charge is 0.508 e. The van der Waals surface area contributed by atoms with Crippen molar-refractivity contribution in [1.82, 2.24) is 4.90 Å². The van der Waals surface area contributed by atoms with E-state index in [1.807, 2.05) is 6.07 Å². The van der Waals surface area contributed by atoms with Gasteiger partial charge in [0.15, 0.2) is 0 Å². The number of benzene rings is 1. The van der Waals surface area contributed by atoms with Gasteiger partial charge in [-0.15, -0.1) is 0 Å². The molecule has 0 amide bonds. The third kappa shape index (κ3) is 3.39. The number of nitrogens with zero attached hydrogens (tertiary/aromatic N) is 1. The molecular weight excluding hydrogens is 224 g/mol. The Labute approximate surface area is 110 Å². The maximum atomic E-state index is 9.86. The molecule has 100 valence electrons. The van der Waals surface area contributed by atoms with E-state index in [9.17, 15) is 5.11 Å². The van der Waals surface area contributed by atoms with Crippen LogP contribution in [0.4, 0.5) is 5.69 Å². The highest BCUT2D eigenvalue weighted by Gasteiger charge is 2.23. The molecule has 1 aromatic rings. The Bertz CT molecular complexity index is 415. The Morgan fingerprint density at radius 3 is 2.83 bits per heavy atom. The molecule has 0 saturated carbocycles. The van der Waals surface area contributed by atoms with Crippen LogP contribution in [0, 0.1) is 5.41 Å². The van der Waals surface area contributed by atoms with Crippen molar-refractivity contribution in [3.05, 3.63) is 23.8 Å². The zero-order chi connectivity index (χ0) is 13.2. The summed E-state index contributed by atoms with van der Waals surface area (Å²) in [7, 11) is 0. The number of phenolic OH excluding ortho intramolecular Hbond substituents is 1. The molecule has 1 saturated heterocycles. The number of aromatic hydroxyl groups is 1. The standard InChI is InChI=1S/C15H24N2O/c1-15(2)6-3-8-17(9-7-15)11-12-10-13(16)4-5-14(12)18/h4-5,10,18H,3,6-9,11,16H2,1-2H3. The zero-order valence-corrected chi connectivity index (χ0v) is 11.4. The topological polar surface area (TPSA) is 49.5 Å². The fraction of sp³-hybridized carbons (Fsp3) is 0.600. The molecule has 3 heteroatoms. The summed E-state index contributed by atoms with van der Waals surface area (Å²) in [5.41, 5.74) is 7.89. The lowest BCUT2D eigenvalue weighted by Crippen LogP contribution is -2.25.